The molecule has 0 aliphatic carbocycles. The number of methoxy groups -OCH3 is 1. The second kappa shape index (κ2) is 6.72. The van der Waals surface area contributed by atoms with Crippen molar-refractivity contribution in [3.63, 3.8) is 0 Å². The van der Waals surface area contributed by atoms with Gasteiger partial charge >= 0.3 is 0 Å². The number of piperazine rings is 1. The molecule has 1 atom stereocenters. The first-order chi connectivity index (χ1) is 9.67. The number of rotatable bonds is 4. The summed E-state index contributed by atoms with van der Waals surface area (Å²) >= 11 is 0. The Morgan fingerprint density at radius 3 is 2.55 bits per heavy atom. The van der Waals surface area contributed by atoms with Gasteiger partial charge in [0.25, 0.3) is 0 Å². The van der Waals surface area contributed by atoms with Crippen molar-refractivity contribution in [2.75, 3.05) is 39.8 Å². The zero-order valence-electron chi connectivity index (χ0n) is 12.2. The van der Waals surface area contributed by atoms with E-state index in [2.05, 4.69) is 17.9 Å². The summed E-state index contributed by atoms with van der Waals surface area (Å²) in [4.78, 5) is 15.8. The molecule has 0 bridgehead atoms. The highest BCUT2D eigenvalue weighted by Gasteiger charge is 2.25. The monoisotopic (exact) mass is 277 g/mol. The Balaban J connectivity index is 2.01. The standard InChI is InChI=1S/C15H23N3O2/c1-12(13-5-3-4-6-14(13)20-2)17-7-9-18(10-8-17)15(19)11-16/h3-6,12H,7-11,16H2,1-2H3. The topological polar surface area (TPSA) is 58.8 Å². The number of carbonyl (C=O) groups is 1. The van der Waals surface area contributed by atoms with Crippen molar-refractivity contribution in [2.45, 2.75) is 13.0 Å². The van der Waals surface area contributed by atoms with Crippen LogP contribution in [0.1, 0.15) is 18.5 Å². The number of carbonyl (C=O) groups excluding carboxylic acids is 1. The molecule has 1 aliphatic heterocycles. The Kier molecular flexibility index (Phi) is 4.98. The molecule has 2 N–H and O–H groups in total. The number of hydrogen-bond donors (Lipinski definition) is 1. The molecule has 1 amide bonds. The molecule has 110 valence electrons. The van der Waals surface area contributed by atoms with Crippen LogP contribution in [-0.2, 0) is 4.79 Å². The molecule has 1 saturated heterocycles. The van der Waals surface area contributed by atoms with Crippen LogP contribution < -0.4 is 10.5 Å². The van der Waals surface area contributed by atoms with E-state index in [1.54, 1.807) is 7.11 Å². The van der Waals surface area contributed by atoms with E-state index in [1.165, 1.54) is 5.56 Å². The SMILES string of the molecule is COc1ccccc1C(C)N1CCN(C(=O)CN)CC1. The fraction of sp³-hybridized carbons (Fsp3) is 0.533. The summed E-state index contributed by atoms with van der Waals surface area (Å²) < 4.78 is 5.43. The number of nitrogens with two attached hydrogens (primary N) is 1. The van der Waals surface area contributed by atoms with E-state index >= 15 is 0 Å². The highest BCUT2D eigenvalue weighted by Crippen LogP contribution is 2.29. The van der Waals surface area contributed by atoms with Crippen molar-refractivity contribution in [3.8, 4) is 5.75 Å². The summed E-state index contributed by atoms with van der Waals surface area (Å²) in [6, 6.07) is 8.37. The largest absolute Gasteiger partial charge is 0.496 e. The van der Waals surface area contributed by atoms with Gasteiger partial charge in [0.2, 0.25) is 5.91 Å². The van der Waals surface area contributed by atoms with Gasteiger partial charge in [-0.2, -0.15) is 0 Å². The Morgan fingerprint density at radius 1 is 1.30 bits per heavy atom. The fourth-order valence-electron chi connectivity index (χ4n) is 2.70. The van der Waals surface area contributed by atoms with Gasteiger partial charge in [0.1, 0.15) is 5.75 Å². The quantitative estimate of drug-likeness (QED) is 0.887. The fourth-order valence-corrected chi connectivity index (χ4v) is 2.70. The lowest BCUT2D eigenvalue weighted by atomic mass is 10.0. The van der Waals surface area contributed by atoms with Gasteiger partial charge in [-0.15, -0.1) is 0 Å². The number of amides is 1. The minimum Gasteiger partial charge on any atom is -0.496 e. The molecular formula is C15H23N3O2. The van der Waals surface area contributed by atoms with Gasteiger partial charge in [0.05, 0.1) is 13.7 Å². The molecule has 0 radical (unpaired) electrons. The lowest BCUT2D eigenvalue weighted by molar-refractivity contribution is -0.131. The number of hydrogen-bond acceptors (Lipinski definition) is 4. The average Bonchev–Trinajstić information content (AvgIpc) is 2.53. The molecule has 0 aromatic heterocycles. The summed E-state index contributed by atoms with van der Waals surface area (Å²) in [6.45, 7) is 5.50. The predicted molar refractivity (Wildman–Crippen MR) is 78.6 cm³/mol. The normalized spacial score (nSPS) is 17.9. The average molecular weight is 277 g/mol. The van der Waals surface area contributed by atoms with Crippen LogP contribution in [0, 0.1) is 0 Å². The first-order valence-electron chi connectivity index (χ1n) is 7.02. The van der Waals surface area contributed by atoms with Crippen molar-refractivity contribution >= 4 is 5.91 Å². The van der Waals surface area contributed by atoms with Crippen molar-refractivity contribution in [3.05, 3.63) is 29.8 Å². The minimum atomic E-state index is 0.0367. The molecule has 1 fully saturated rings. The summed E-state index contributed by atoms with van der Waals surface area (Å²) in [5, 5.41) is 0. The van der Waals surface area contributed by atoms with Crippen LogP contribution in [0.2, 0.25) is 0 Å². The molecular weight excluding hydrogens is 254 g/mol. The third-order valence-electron chi connectivity index (χ3n) is 3.98. The summed E-state index contributed by atoms with van der Waals surface area (Å²) in [6.07, 6.45) is 0. The number of ether oxygens (including phenoxy) is 1. The summed E-state index contributed by atoms with van der Waals surface area (Å²) in [5.41, 5.74) is 6.59. The smallest absolute Gasteiger partial charge is 0.236 e. The van der Waals surface area contributed by atoms with E-state index in [9.17, 15) is 4.79 Å². The van der Waals surface area contributed by atoms with Crippen molar-refractivity contribution in [1.82, 2.24) is 9.80 Å². The Hall–Kier alpha value is -1.59. The van der Waals surface area contributed by atoms with Gasteiger partial charge < -0.3 is 15.4 Å². The van der Waals surface area contributed by atoms with Crippen LogP contribution in [0.25, 0.3) is 0 Å². The second-order valence-corrected chi connectivity index (χ2v) is 5.04. The number of nitrogens with zero attached hydrogens (tertiary/aromatic N) is 2. The molecule has 1 heterocycles. The first-order valence-corrected chi connectivity index (χ1v) is 7.02. The van der Waals surface area contributed by atoms with Crippen molar-refractivity contribution < 1.29 is 9.53 Å². The van der Waals surface area contributed by atoms with Crippen molar-refractivity contribution in [2.24, 2.45) is 5.73 Å². The van der Waals surface area contributed by atoms with E-state index < -0.39 is 0 Å². The maximum Gasteiger partial charge on any atom is 0.236 e. The Bertz CT molecular complexity index is 456. The maximum atomic E-state index is 11.6. The Labute approximate surface area is 120 Å². The van der Waals surface area contributed by atoms with E-state index in [-0.39, 0.29) is 18.5 Å². The van der Waals surface area contributed by atoms with Crippen molar-refractivity contribution in [1.29, 1.82) is 0 Å². The van der Waals surface area contributed by atoms with E-state index in [0.29, 0.717) is 0 Å². The minimum absolute atomic E-state index is 0.0367. The summed E-state index contributed by atoms with van der Waals surface area (Å²) in [7, 11) is 1.70. The molecule has 5 heteroatoms. The van der Waals surface area contributed by atoms with Crippen LogP contribution in [0.5, 0.6) is 5.75 Å². The third kappa shape index (κ3) is 3.11. The van der Waals surface area contributed by atoms with Crippen LogP contribution in [0.15, 0.2) is 24.3 Å². The highest BCUT2D eigenvalue weighted by molar-refractivity contribution is 5.78. The van der Waals surface area contributed by atoms with Crippen LogP contribution in [-0.4, -0.2) is 55.5 Å². The number of para-hydroxylation sites is 1. The second-order valence-electron chi connectivity index (χ2n) is 5.04. The van der Waals surface area contributed by atoms with Gasteiger partial charge in [-0.05, 0) is 13.0 Å². The number of benzene rings is 1. The zero-order chi connectivity index (χ0) is 14.5. The van der Waals surface area contributed by atoms with Gasteiger partial charge in [0.15, 0.2) is 0 Å². The maximum absolute atomic E-state index is 11.6. The van der Waals surface area contributed by atoms with Crippen LogP contribution >= 0.6 is 0 Å². The molecule has 20 heavy (non-hydrogen) atoms. The van der Waals surface area contributed by atoms with Gasteiger partial charge in [-0.1, -0.05) is 18.2 Å². The third-order valence-corrected chi connectivity index (χ3v) is 3.98. The van der Waals surface area contributed by atoms with E-state index in [0.717, 1.165) is 31.9 Å². The molecule has 1 aromatic carbocycles. The molecule has 1 aromatic rings. The lowest BCUT2D eigenvalue weighted by Crippen LogP contribution is -2.50. The summed E-state index contributed by atoms with van der Waals surface area (Å²) in [5.74, 6) is 0.954. The zero-order valence-corrected chi connectivity index (χ0v) is 12.2. The first kappa shape index (κ1) is 14.8. The van der Waals surface area contributed by atoms with Gasteiger partial charge in [-0.25, -0.2) is 0 Å². The highest BCUT2D eigenvalue weighted by atomic mass is 16.5. The van der Waals surface area contributed by atoms with E-state index in [1.807, 2.05) is 23.1 Å². The van der Waals surface area contributed by atoms with Gasteiger partial charge in [0, 0.05) is 37.8 Å². The van der Waals surface area contributed by atoms with Gasteiger partial charge in [-0.3, -0.25) is 9.69 Å². The molecule has 2 rings (SSSR count). The molecule has 1 unspecified atom stereocenters. The molecule has 5 nitrogen and oxygen atoms in total. The molecule has 1 aliphatic rings. The molecule has 0 spiro atoms. The Morgan fingerprint density at radius 2 is 1.95 bits per heavy atom. The lowest BCUT2D eigenvalue weighted by Gasteiger charge is -2.38. The predicted octanol–water partition coefficient (Wildman–Crippen LogP) is 0.859. The van der Waals surface area contributed by atoms with Crippen LogP contribution in [0.4, 0.5) is 0 Å². The van der Waals surface area contributed by atoms with Crippen LogP contribution in [0.3, 0.4) is 0 Å². The molecule has 0 saturated carbocycles. The van der Waals surface area contributed by atoms with E-state index in [4.69, 9.17) is 10.5 Å².